The van der Waals surface area contributed by atoms with Gasteiger partial charge in [0.25, 0.3) is 5.91 Å². The molecular formula is C27H30N2O. The maximum atomic E-state index is 12.7. The first-order valence-electron chi connectivity index (χ1n) is 10.5. The van der Waals surface area contributed by atoms with Gasteiger partial charge in [0.2, 0.25) is 0 Å². The van der Waals surface area contributed by atoms with E-state index in [0.717, 1.165) is 36.4 Å². The summed E-state index contributed by atoms with van der Waals surface area (Å²) in [5.41, 5.74) is 7.28. The van der Waals surface area contributed by atoms with Crippen LogP contribution in [0.2, 0.25) is 0 Å². The van der Waals surface area contributed by atoms with Crippen molar-refractivity contribution in [2.75, 3.05) is 0 Å². The lowest BCUT2D eigenvalue weighted by molar-refractivity contribution is 0.0966. The van der Waals surface area contributed by atoms with Gasteiger partial charge in [-0.1, -0.05) is 61.5 Å². The van der Waals surface area contributed by atoms with E-state index in [1.807, 2.05) is 53.6 Å². The van der Waals surface area contributed by atoms with Crippen LogP contribution in [0.3, 0.4) is 0 Å². The van der Waals surface area contributed by atoms with Crippen LogP contribution < -0.4 is 5.32 Å². The van der Waals surface area contributed by atoms with Crippen LogP contribution in [0.15, 0.2) is 102 Å². The number of hydrogen-bond acceptors (Lipinski definition) is 2. The molecule has 2 aromatic carbocycles. The van der Waals surface area contributed by atoms with Crippen LogP contribution >= 0.6 is 0 Å². The van der Waals surface area contributed by atoms with E-state index < -0.39 is 0 Å². The Morgan fingerprint density at radius 1 is 0.933 bits per heavy atom. The molecule has 0 aromatic heterocycles. The Bertz CT molecular complexity index is 995. The number of nitrogens with zero attached hydrogens (tertiary/aromatic N) is 1. The highest BCUT2D eigenvalue weighted by atomic mass is 16.1. The number of carbonyl (C=O) groups is 1. The molecule has 0 bridgehead atoms. The fourth-order valence-corrected chi connectivity index (χ4v) is 3.34. The Labute approximate surface area is 180 Å². The second-order valence-electron chi connectivity index (χ2n) is 7.64. The van der Waals surface area contributed by atoms with Crippen molar-refractivity contribution in [3.8, 4) is 0 Å². The van der Waals surface area contributed by atoms with Crippen LogP contribution in [-0.4, -0.2) is 10.8 Å². The first kappa shape index (κ1) is 21.4. The van der Waals surface area contributed by atoms with Gasteiger partial charge in [-0.2, -0.15) is 0 Å². The maximum Gasteiger partial charge on any atom is 0.255 e. The van der Waals surface area contributed by atoms with Gasteiger partial charge in [0.15, 0.2) is 0 Å². The van der Waals surface area contributed by atoms with Gasteiger partial charge in [0, 0.05) is 23.2 Å². The van der Waals surface area contributed by atoms with E-state index in [1.54, 1.807) is 0 Å². The monoisotopic (exact) mass is 398 g/mol. The largest absolute Gasteiger partial charge is 0.321 e. The number of rotatable bonds is 7. The molecule has 154 valence electrons. The van der Waals surface area contributed by atoms with Crippen molar-refractivity contribution in [3.05, 3.63) is 119 Å². The molecule has 2 aromatic rings. The van der Waals surface area contributed by atoms with Crippen LogP contribution in [0.4, 0.5) is 0 Å². The van der Waals surface area contributed by atoms with Gasteiger partial charge in [-0.05, 0) is 68.5 Å². The molecule has 1 heterocycles. The third-order valence-electron chi connectivity index (χ3n) is 5.56. The van der Waals surface area contributed by atoms with Gasteiger partial charge in [-0.3, -0.25) is 4.79 Å². The standard InChI is InChI=1S/C27H30N2O/c1-5-20(2)22(4)29-19-26(18-11-21(29)3)28-27(30)25-16-14-24(15-17-25)13-12-23-9-7-6-8-10-23/h6-11,14-19H,3,5,12-13H2,1-2,4H3,(H,28,30)/b22-20+. The summed E-state index contributed by atoms with van der Waals surface area (Å²) in [6, 6.07) is 18.3. The van der Waals surface area contributed by atoms with Crippen molar-refractivity contribution in [1.29, 1.82) is 0 Å². The highest BCUT2D eigenvalue weighted by Gasteiger charge is 2.14. The van der Waals surface area contributed by atoms with Gasteiger partial charge in [0.1, 0.15) is 0 Å². The molecule has 1 aliphatic rings. The van der Waals surface area contributed by atoms with E-state index in [-0.39, 0.29) is 5.91 Å². The molecule has 0 fully saturated rings. The number of allylic oxidation sites excluding steroid dienone is 4. The summed E-state index contributed by atoms with van der Waals surface area (Å²) in [5, 5.41) is 3.00. The van der Waals surface area contributed by atoms with E-state index in [2.05, 4.69) is 56.9 Å². The molecule has 3 nitrogen and oxygen atoms in total. The van der Waals surface area contributed by atoms with Crippen LogP contribution in [0.1, 0.15) is 48.7 Å². The summed E-state index contributed by atoms with van der Waals surface area (Å²) in [7, 11) is 0. The second kappa shape index (κ2) is 9.93. The quantitative estimate of drug-likeness (QED) is 0.608. The van der Waals surface area contributed by atoms with Gasteiger partial charge in [-0.15, -0.1) is 0 Å². The molecule has 0 radical (unpaired) electrons. The fourth-order valence-electron chi connectivity index (χ4n) is 3.34. The molecule has 3 heteroatoms. The van der Waals surface area contributed by atoms with E-state index in [1.165, 1.54) is 16.7 Å². The number of carbonyl (C=O) groups excluding carboxylic acids is 1. The molecule has 1 amide bonds. The highest BCUT2D eigenvalue weighted by molar-refractivity contribution is 5.95. The molecule has 3 rings (SSSR count). The minimum absolute atomic E-state index is 0.109. The minimum Gasteiger partial charge on any atom is -0.321 e. The maximum absolute atomic E-state index is 12.7. The number of nitrogens with one attached hydrogen (secondary N) is 1. The third-order valence-corrected chi connectivity index (χ3v) is 5.56. The van der Waals surface area contributed by atoms with Crippen molar-refractivity contribution in [1.82, 2.24) is 10.2 Å². The SMILES string of the molecule is C=C1C=CC(NC(=O)c2ccc(CCc3ccccc3)cc2)=CN1/C(C)=C(\C)CC. The number of aryl methyl sites for hydroxylation is 2. The second-order valence-corrected chi connectivity index (χ2v) is 7.64. The van der Waals surface area contributed by atoms with Gasteiger partial charge in [0.05, 0.1) is 5.70 Å². The molecule has 0 saturated heterocycles. The molecule has 1 N–H and O–H groups in total. The van der Waals surface area contributed by atoms with Crippen molar-refractivity contribution in [2.24, 2.45) is 0 Å². The average molecular weight is 399 g/mol. The van der Waals surface area contributed by atoms with Crippen molar-refractivity contribution < 1.29 is 4.79 Å². The molecule has 0 unspecified atom stereocenters. The normalized spacial score (nSPS) is 14.3. The number of hydrogen-bond donors (Lipinski definition) is 1. The van der Waals surface area contributed by atoms with Crippen molar-refractivity contribution >= 4 is 5.91 Å². The fraction of sp³-hybridized carbons (Fsp3) is 0.222. The molecule has 0 spiro atoms. The predicted octanol–water partition coefficient (Wildman–Crippen LogP) is 6.13. The lowest BCUT2D eigenvalue weighted by Crippen LogP contribution is -2.26. The first-order valence-corrected chi connectivity index (χ1v) is 10.5. The van der Waals surface area contributed by atoms with Crippen LogP contribution in [-0.2, 0) is 12.8 Å². The van der Waals surface area contributed by atoms with E-state index in [0.29, 0.717) is 5.56 Å². The Balaban J connectivity index is 1.64. The Morgan fingerprint density at radius 2 is 1.57 bits per heavy atom. The molecule has 0 aliphatic carbocycles. The summed E-state index contributed by atoms with van der Waals surface area (Å²) in [5.74, 6) is -0.109. The number of amides is 1. The summed E-state index contributed by atoms with van der Waals surface area (Å²) in [6.45, 7) is 10.4. The molecule has 0 saturated carbocycles. The molecule has 1 aliphatic heterocycles. The molecule has 30 heavy (non-hydrogen) atoms. The van der Waals surface area contributed by atoms with E-state index in [4.69, 9.17) is 0 Å². The highest BCUT2D eigenvalue weighted by Crippen LogP contribution is 2.23. The Kier molecular flexibility index (Phi) is 7.08. The summed E-state index contributed by atoms with van der Waals surface area (Å²) in [6.07, 6.45) is 8.68. The van der Waals surface area contributed by atoms with E-state index >= 15 is 0 Å². The zero-order chi connectivity index (χ0) is 21.5. The van der Waals surface area contributed by atoms with Gasteiger partial charge >= 0.3 is 0 Å². The third kappa shape index (κ3) is 5.38. The van der Waals surface area contributed by atoms with Crippen LogP contribution in [0, 0.1) is 0 Å². The summed E-state index contributed by atoms with van der Waals surface area (Å²) >= 11 is 0. The van der Waals surface area contributed by atoms with E-state index in [9.17, 15) is 4.79 Å². The predicted molar refractivity (Wildman–Crippen MR) is 125 cm³/mol. The van der Waals surface area contributed by atoms with Crippen molar-refractivity contribution in [2.45, 2.75) is 40.0 Å². The zero-order valence-electron chi connectivity index (χ0n) is 18.1. The van der Waals surface area contributed by atoms with Crippen LogP contribution in [0.5, 0.6) is 0 Å². The lowest BCUT2D eigenvalue weighted by Gasteiger charge is -2.27. The topological polar surface area (TPSA) is 32.3 Å². The Morgan fingerprint density at radius 3 is 2.20 bits per heavy atom. The number of benzene rings is 2. The first-order chi connectivity index (χ1) is 14.5. The van der Waals surface area contributed by atoms with Crippen LogP contribution in [0.25, 0.3) is 0 Å². The average Bonchev–Trinajstić information content (AvgIpc) is 2.79. The van der Waals surface area contributed by atoms with Crippen molar-refractivity contribution in [3.63, 3.8) is 0 Å². The van der Waals surface area contributed by atoms with Gasteiger partial charge < -0.3 is 10.2 Å². The lowest BCUT2D eigenvalue weighted by atomic mass is 10.0. The van der Waals surface area contributed by atoms with Gasteiger partial charge in [-0.25, -0.2) is 0 Å². The Hall–Kier alpha value is -3.33. The summed E-state index contributed by atoms with van der Waals surface area (Å²) < 4.78 is 0. The minimum atomic E-state index is -0.109. The smallest absolute Gasteiger partial charge is 0.255 e. The molecule has 0 atom stereocenters. The molecular weight excluding hydrogens is 368 g/mol. The summed E-state index contributed by atoms with van der Waals surface area (Å²) in [4.78, 5) is 14.7. The zero-order valence-corrected chi connectivity index (χ0v) is 18.1.